The van der Waals surface area contributed by atoms with Crippen LogP contribution in [0.5, 0.6) is 0 Å². The molecule has 172 valence electrons. The number of aromatic nitrogens is 2. The summed E-state index contributed by atoms with van der Waals surface area (Å²) in [6.45, 7) is 5.56. The van der Waals surface area contributed by atoms with E-state index in [2.05, 4.69) is 9.97 Å². The first-order valence-corrected chi connectivity index (χ1v) is 10.4. The maximum atomic E-state index is 13.4. The summed E-state index contributed by atoms with van der Waals surface area (Å²) >= 11 is 0. The smallest absolute Gasteiger partial charge is 0.355 e. The van der Waals surface area contributed by atoms with Gasteiger partial charge in [0.1, 0.15) is 11.9 Å². The predicted molar refractivity (Wildman–Crippen MR) is 111 cm³/mol. The SMILES string of the molecule is CCOC1(OCC)CCN(c2nc(Cc3ccccc3C(F)(F)F)[nH]c(=O)c2C#N)CC1. The van der Waals surface area contributed by atoms with Crippen LogP contribution in [0.2, 0.25) is 0 Å². The van der Waals surface area contributed by atoms with Gasteiger partial charge in [-0.3, -0.25) is 4.79 Å². The van der Waals surface area contributed by atoms with Gasteiger partial charge in [-0.15, -0.1) is 0 Å². The van der Waals surface area contributed by atoms with Crippen molar-refractivity contribution < 1.29 is 22.6 Å². The first kappa shape index (κ1) is 23.8. The van der Waals surface area contributed by atoms with Gasteiger partial charge in [-0.1, -0.05) is 18.2 Å². The van der Waals surface area contributed by atoms with Crippen LogP contribution in [0.4, 0.5) is 19.0 Å². The number of halogens is 3. The minimum atomic E-state index is -4.53. The van der Waals surface area contributed by atoms with Gasteiger partial charge < -0.3 is 19.4 Å². The van der Waals surface area contributed by atoms with Crippen molar-refractivity contribution >= 4 is 5.82 Å². The first-order valence-electron chi connectivity index (χ1n) is 10.4. The van der Waals surface area contributed by atoms with Crippen molar-refractivity contribution in [3.63, 3.8) is 0 Å². The Balaban J connectivity index is 1.91. The number of aromatic amines is 1. The Morgan fingerprint density at radius 2 is 1.81 bits per heavy atom. The van der Waals surface area contributed by atoms with Crippen LogP contribution < -0.4 is 10.5 Å². The maximum Gasteiger partial charge on any atom is 0.416 e. The summed E-state index contributed by atoms with van der Waals surface area (Å²) in [5.41, 5.74) is -1.64. The molecule has 0 amide bonds. The lowest BCUT2D eigenvalue weighted by atomic mass is 10.0. The molecule has 0 saturated carbocycles. The van der Waals surface area contributed by atoms with Crippen molar-refractivity contribution in [2.45, 2.75) is 45.1 Å². The van der Waals surface area contributed by atoms with Gasteiger partial charge in [0.05, 0.1) is 5.56 Å². The topological polar surface area (TPSA) is 91.2 Å². The van der Waals surface area contributed by atoms with E-state index in [9.17, 15) is 23.2 Å². The van der Waals surface area contributed by atoms with Gasteiger partial charge in [0, 0.05) is 45.6 Å². The lowest BCUT2D eigenvalue weighted by Crippen LogP contribution is -2.48. The van der Waals surface area contributed by atoms with Crippen molar-refractivity contribution in [2.24, 2.45) is 0 Å². The Hall–Kier alpha value is -2.90. The van der Waals surface area contributed by atoms with E-state index < -0.39 is 23.1 Å². The number of ether oxygens (including phenoxy) is 2. The fourth-order valence-corrected chi connectivity index (χ4v) is 3.97. The van der Waals surface area contributed by atoms with E-state index in [0.717, 1.165) is 6.07 Å². The molecule has 1 aliphatic rings. The van der Waals surface area contributed by atoms with Crippen LogP contribution >= 0.6 is 0 Å². The molecule has 10 heteroatoms. The third-order valence-corrected chi connectivity index (χ3v) is 5.38. The second-order valence-electron chi connectivity index (χ2n) is 7.42. The average Bonchev–Trinajstić information content (AvgIpc) is 2.74. The highest BCUT2D eigenvalue weighted by atomic mass is 19.4. The molecule has 0 bridgehead atoms. The third-order valence-electron chi connectivity index (χ3n) is 5.38. The number of H-pyrrole nitrogens is 1. The van der Waals surface area contributed by atoms with Crippen molar-refractivity contribution in [2.75, 3.05) is 31.2 Å². The van der Waals surface area contributed by atoms with E-state index in [0.29, 0.717) is 39.1 Å². The van der Waals surface area contributed by atoms with Crippen LogP contribution in [0, 0.1) is 11.3 Å². The van der Waals surface area contributed by atoms with E-state index >= 15 is 0 Å². The van der Waals surface area contributed by atoms with E-state index in [4.69, 9.17) is 9.47 Å². The van der Waals surface area contributed by atoms with Crippen LogP contribution in [0.3, 0.4) is 0 Å². The monoisotopic (exact) mass is 450 g/mol. The molecule has 1 saturated heterocycles. The van der Waals surface area contributed by atoms with Gasteiger partial charge in [-0.25, -0.2) is 4.98 Å². The Morgan fingerprint density at radius 1 is 1.19 bits per heavy atom. The van der Waals surface area contributed by atoms with Gasteiger partial charge in [0.2, 0.25) is 0 Å². The molecule has 1 aliphatic heterocycles. The van der Waals surface area contributed by atoms with Crippen molar-refractivity contribution in [1.29, 1.82) is 5.26 Å². The predicted octanol–water partition coefficient (Wildman–Crippen LogP) is 3.62. The molecule has 1 N–H and O–H groups in total. The van der Waals surface area contributed by atoms with E-state index in [1.807, 2.05) is 19.9 Å². The average molecular weight is 450 g/mol. The molecule has 0 spiro atoms. The largest absolute Gasteiger partial charge is 0.416 e. The van der Waals surface area contributed by atoms with E-state index in [1.165, 1.54) is 18.2 Å². The quantitative estimate of drug-likeness (QED) is 0.648. The molecule has 1 aromatic heterocycles. The molecule has 0 aliphatic carbocycles. The van der Waals surface area contributed by atoms with Crippen LogP contribution in [-0.4, -0.2) is 42.1 Å². The number of hydrogen-bond acceptors (Lipinski definition) is 6. The van der Waals surface area contributed by atoms with Crippen molar-refractivity contribution in [1.82, 2.24) is 9.97 Å². The second-order valence-corrected chi connectivity index (χ2v) is 7.42. The van der Waals surface area contributed by atoms with Crippen LogP contribution in [0.1, 0.15) is 49.2 Å². The molecule has 2 aromatic rings. The van der Waals surface area contributed by atoms with Gasteiger partial charge in [-0.05, 0) is 25.5 Å². The Kier molecular flexibility index (Phi) is 7.21. The summed E-state index contributed by atoms with van der Waals surface area (Å²) in [5.74, 6) is -0.507. The second kappa shape index (κ2) is 9.71. The number of piperidine rings is 1. The highest BCUT2D eigenvalue weighted by Crippen LogP contribution is 2.33. The molecular weight excluding hydrogens is 425 g/mol. The molecule has 32 heavy (non-hydrogen) atoms. The number of nitrogens with one attached hydrogen (secondary N) is 1. The molecule has 2 heterocycles. The number of alkyl halides is 3. The highest BCUT2D eigenvalue weighted by molar-refractivity contribution is 5.53. The summed E-state index contributed by atoms with van der Waals surface area (Å²) in [5, 5.41) is 9.50. The summed E-state index contributed by atoms with van der Waals surface area (Å²) < 4.78 is 51.7. The van der Waals surface area contributed by atoms with Gasteiger partial charge in [0.25, 0.3) is 5.56 Å². The van der Waals surface area contributed by atoms with E-state index in [-0.39, 0.29) is 29.2 Å². The molecular formula is C22H25F3N4O3. The van der Waals surface area contributed by atoms with Crippen LogP contribution in [0.15, 0.2) is 29.1 Å². The number of rotatable bonds is 7. The van der Waals surface area contributed by atoms with Gasteiger partial charge in [0.15, 0.2) is 17.2 Å². The normalized spacial score (nSPS) is 16.1. The molecule has 0 radical (unpaired) electrons. The molecule has 7 nitrogen and oxygen atoms in total. The van der Waals surface area contributed by atoms with Gasteiger partial charge >= 0.3 is 6.18 Å². The highest BCUT2D eigenvalue weighted by Gasteiger charge is 2.37. The van der Waals surface area contributed by atoms with Crippen molar-refractivity contribution in [3.05, 3.63) is 57.1 Å². The minimum absolute atomic E-state index is 0.0100. The number of benzene rings is 1. The minimum Gasteiger partial charge on any atom is -0.355 e. The van der Waals surface area contributed by atoms with E-state index in [1.54, 1.807) is 4.90 Å². The zero-order valence-corrected chi connectivity index (χ0v) is 18.0. The summed E-state index contributed by atoms with van der Waals surface area (Å²) in [4.78, 5) is 21.1. The third kappa shape index (κ3) is 5.11. The molecule has 1 aromatic carbocycles. The summed E-state index contributed by atoms with van der Waals surface area (Å²) in [6.07, 6.45) is -3.75. The fourth-order valence-electron chi connectivity index (χ4n) is 3.97. The number of nitriles is 1. The molecule has 1 fully saturated rings. The summed E-state index contributed by atoms with van der Waals surface area (Å²) in [6, 6.07) is 7.01. The van der Waals surface area contributed by atoms with Gasteiger partial charge in [-0.2, -0.15) is 18.4 Å². The number of hydrogen-bond donors (Lipinski definition) is 1. The lowest BCUT2D eigenvalue weighted by molar-refractivity contribution is -0.242. The summed E-state index contributed by atoms with van der Waals surface area (Å²) in [7, 11) is 0. The molecule has 0 unspecified atom stereocenters. The fraction of sp³-hybridized carbons (Fsp3) is 0.500. The molecule has 0 atom stereocenters. The van der Waals surface area contributed by atoms with Crippen LogP contribution in [0.25, 0.3) is 0 Å². The van der Waals surface area contributed by atoms with Crippen LogP contribution in [-0.2, 0) is 22.1 Å². The zero-order chi connectivity index (χ0) is 23.4. The van der Waals surface area contributed by atoms with Crippen molar-refractivity contribution in [3.8, 4) is 6.07 Å². The standard InChI is InChI=1S/C22H25F3N4O3/c1-3-31-21(32-4-2)9-11-29(12-10-21)19-16(14-26)20(30)28-18(27-19)13-15-7-5-6-8-17(15)22(23,24)25/h5-8H,3-4,9-13H2,1-2H3,(H,27,28,30). The zero-order valence-electron chi connectivity index (χ0n) is 18.0. The first-order chi connectivity index (χ1) is 15.2. The Bertz CT molecular complexity index is 1030. The lowest BCUT2D eigenvalue weighted by Gasteiger charge is -2.41. The Labute approximate surface area is 183 Å². The number of nitrogens with zero attached hydrogens (tertiary/aromatic N) is 3. The maximum absolute atomic E-state index is 13.4. The molecule has 3 rings (SSSR count). The Morgan fingerprint density at radius 3 is 2.38 bits per heavy atom. The number of anilines is 1.